The molecule has 0 radical (unpaired) electrons. The predicted octanol–water partition coefficient (Wildman–Crippen LogP) is 3.88. The van der Waals surface area contributed by atoms with Crippen molar-refractivity contribution in [1.29, 1.82) is 0 Å². The van der Waals surface area contributed by atoms with Crippen molar-refractivity contribution in [2.24, 2.45) is 11.5 Å². The fraction of sp³-hybridized carbons (Fsp3) is 0.211. The summed E-state index contributed by atoms with van der Waals surface area (Å²) in [5, 5.41) is 0. The zero-order valence-corrected chi connectivity index (χ0v) is 29.6. The van der Waals surface area contributed by atoms with Gasteiger partial charge in [-0.25, -0.2) is 9.59 Å². The topological polar surface area (TPSA) is 154 Å². The molecule has 6 rings (SSSR count). The van der Waals surface area contributed by atoms with Crippen molar-refractivity contribution in [2.75, 3.05) is 42.5 Å². The van der Waals surface area contributed by atoms with Crippen LogP contribution in [0.3, 0.4) is 0 Å². The van der Waals surface area contributed by atoms with Crippen LogP contribution < -0.4 is 30.4 Å². The number of hydrogen-bond donors (Lipinski definition) is 2. The molecule has 0 spiro atoms. The summed E-state index contributed by atoms with van der Waals surface area (Å²) in [4.78, 5) is 41.2. The van der Waals surface area contributed by atoms with Gasteiger partial charge in [0.1, 0.15) is 12.1 Å². The number of benzene rings is 4. The Bertz CT molecular complexity index is 1980. The number of nitrogens with two attached hydrogens (primary N) is 2. The van der Waals surface area contributed by atoms with Crippen LogP contribution in [0.15, 0.2) is 97.1 Å². The maximum Gasteiger partial charge on any atom is 0.389 e. The minimum absolute atomic E-state index is 0.141. The minimum Gasteiger partial charge on any atom is -0.493 e. The van der Waals surface area contributed by atoms with Crippen LogP contribution >= 0.6 is 0 Å². The molecular formula is C38H40N6O8+2. The van der Waals surface area contributed by atoms with E-state index in [-0.39, 0.29) is 24.0 Å². The van der Waals surface area contributed by atoms with Gasteiger partial charge in [-0.1, -0.05) is 48.5 Å². The van der Waals surface area contributed by atoms with E-state index in [1.165, 1.54) is 9.48 Å². The van der Waals surface area contributed by atoms with Gasteiger partial charge in [0.25, 0.3) is 0 Å². The lowest BCUT2D eigenvalue weighted by atomic mass is 9.94. The van der Waals surface area contributed by atoms with Crippen molar-refractivity contribution < 1.29 is 47.7 Å². The fourth-order valence-electron chi connectivity index (χ4n) is 6.44. The van der Waals surface area contributed by atoms with E-state index < -0.39 is 11.9 Å². The second-order valence-corrected chi connectivity index (χ2v) is 11.8. The highest BCUT2D eigenvalue weighted by molar-refractivity contribution is 5.91. The third-order valence-electron chi connectivity index (χ3n) is 8.98. The Labute approximate surface area is 300 Å². The van der Waals surface area contributed by atoms with Gasteiger partial charge in [0.05, 0.1) is 42.5 Å². The summed E-state index contributed by atoms with van der Waals surface area (Å²) < 4.78 is 24.3. The summed E-state index contributed by atoms with van der Waals surface area (Å²) in [7, 11) is 9.85. The van der Waals surface area contributed by atoms with Crippen LogP contribution in [0.4, 0.5) is 11.4 Å². The van der Waals surface area contributed by atoms with E-state index in [2.05, 4.69) is 0 Å². The molecule has 0 saturated carbocycles. The first-order valence-corrected chi connectivity index (χ1v) is 16.2. The molecule has 2 unspecified atom stereocenters. The van der Waals surface area contributed by atoms with Crippen LogP contribution in [0.5, 0.6) is 23.0 Å². The zero-order valence-electron chi connectivity index (χ0n) is 29.6. The first-order valence-electron chi connectivity index (χ1n) is 16.2. The summed E-state index contributed by atoms with van der Waals surface area (Å²) in [6, 6.07) is 25.3. The fourth-order valence-corrected chi connectivity index (χ4v) is 6.44. The number of fused-ring (bicyclic) bond motifs is 2. The Kier molecular flexibility index (Phi) is 9.90. The molecule has 0 bridgehead atoms. The molecule has 0 fully saturated rings. The van der Waals surface area contributed by atoms with E-state index in [1.54, 1.807) is 76.6 Å². The van der Waals surface area contributed by atoms with Crippen molar-refractivity contribution >= 4 is 35.2 Å². The molecule has 0 saturated heterocycles. The second-order valence-electron chi connectivity index (χ2n) is 11.8. The number of rotatable bonds is 10. The highest BCUT2D eigenvalue weighted by Crippen LogP contribution is 2.42. The van der Waals surface area contributed by atoms with Gasteiger partial charge in [-0.3, -0.25) is 30.9 Å². The zero-order chi connectivity index (χ0) is 37.1. The average Bonchev–Trinajstić information content (AvgIpc) is 3.17. The standard InChI is InChI=1S/C38H38N6O8/c1-41-35(23-15-17-29(47-3)31(21-23)49-5)25-11-7-9-13-27(25)43(37(41)39)51-33(45)19-20-34(46)52-44-28-14-10-8-12-26(28)36(42(2)38(44)40)24-16-18-30(48-4)32(22-24)50-6/h7-22,35-36,39-40H,1-6H3/p+2/b20-19+. The van der Waals surface area contributed by atoms with Crippen molar-refractivity contribution in [3.8, 4) is 23.0 Å². The normalized spacial score (nSPS) is 16.7. The SMILES string of the molecule is COc1ccc(C2c3ccccc3[N+](OC(=O)/C=C/C(=O)O[N+]3=C(N)N(C)C(c4ccc(OC)c(OC)c4)c4ccccc43)=C(N)N2C)cc1OC. The van der Waals surface area contributed by atoms with Gasteiger partial charge >= 0.3 is 23.9 Å². The van der Waals surface area contributed by atoms with Crippen LogP contribution in [-0.4, -0.2) is 85.7 Å². The smallest absolute Gasteiger partial charge is 0.389 e. The van der Waals surface area contributed by atoms with E-state index in [9.17, 15) is 9.59 Å². The molecule has 0 amide bonds. The van der Waals surface area contributed by atoms with Crippen molar-refractivity contribution in [1.82, 2.24) is 9.80 Å². The Morgan fingerprint density at radius 2 is 0.942 bits per heavy atom. The number of guanidine groups is 2. The van der Waals surface area contributed by atoms with Crippen molar-refractivity contribution in [3.63, 3.8) is 0 Å². The van der Waals surface area contributed by atoms with Gasteiger partial charge < -0.3 is 18.9 Å². The van der Waals surface area contributed by atoms with Gasteiger partial charge in [-0.05, 0) is 57.0 Å². The number of para-hydroxylation sites is 2. The largest absolute Gasteiger partial charge is 0.493 e. The van der Waals surface area contributed by atoms with Crippen LogP contribution in [0.25, 0.3) is 0 Å². The van der Waals surface area contributed by atoms with E-state index in [4.69, 9.17) is 40.1 Å². The molecule has 14 nitrogen and oxygen atoms in total. The average molecular weight is 709 g/mol. The Hall–Kier alpha value is -6.70. The molecule has 268 valence electrons. The Morgan fingerprint density at radius 3 is 1.31 bits per heavy atom. The lowest BCUT2D eigenvalue weighted by Gasteiger charge is -2.31. The summed E-state index contributed by atoms with van der Waals surface area (Å²) in [6.07, 6.45) is 1.92. The first kappa shape index (κ1) is 35.1. The van der Waals surface area contributed by atoms with E-state index in [1.807, 2.05) is 60.7 Å². The van der Waals surface area contributed by atoms with Crippen LogP contribution in [0, 0.1) is 0 Å². The van der Waals surface area contributed by atoms with Crippen molar-refractivity contribution in [2.45, 2.75) is 12.1 Å². The second kappa shape index (κ2) is 14.6. The van der Waals surface area contributed by atoms with E-state index >= 15 is 0 Å². The molecule has 2 atom stereocenters. The predicted molar refractivity (Wildman–Crippen MR) is 191 cm³/mol. The number of methoxy groups -OCH3 is 4. The molecule has 4 aromatic rings. The quantitative estimate of drug-likeness (QED) is 0.140. The Morgan fingerprint density at radius 1 is 0.577 bits per heavy atom. The highest BCUT2D eigenvalue weighted by Gasteiger charge is 2.40. The maximum absolute atomic E-state index is 13.1. The molecule has 0 aliphatic carbocycles. The monoisotopic (exact) mass is 708 g/mol. The minimum atomic E-state index is -0.866. The van der Waals surface area contributed by atoms with Gasteiger partial charge in [0.2, 0.25) is 0 Å². The summed E-state index contributed by atoms with van der Waals surface area (Å²) in [5.41, 5.74) is 17.6. The van der Waals surface area contributed by atoms with Gasteiger partial charge in [-0.2, -0.15) is 0 Å². The van der Waals surface area contributed by atoms with Crippen molar-refractivity contribution in [3.05, 3.63) is 119 Å². The van der Waals surface area contributed by atoms with Gasteiger partial charge in [-0.15, -0.1) is 0 Å². The van der Waals surface area contributed by atoms with Gasteiger partial charge in [0.15, 0.2) is 34.4 Å². The highest BCUT2D eigenvalue weighted by atomic mass is 16.7. The summed E-state index contributed by atoms with van der Waals surface area (Å²) in [5.74, 6) is 0.852. The summed E-state index contributed by atoms with van der Waals surface area (Å²) in [6.45, 7) is 0. The molecular weight excluding hydrogens is 668 g/mol. The third kappa shape index (κ3) is 6.37. The molecule has 14 heteroatoms. The van der Waals surface area contributed by atoms with E-state index in [0.717, 1.165) is 34.4 Å². The molecule has 52 heavy (non-hydrogen) atoms. The molecule has 4 N–H and O–H groups in total. The van der Waals surface area contributed by atoms with Crippen LogP contribution in [-0.2, 0) is 19.3 Å². The third-order valence-corrected chi connectivity index (χ3v) is 8.98. The van der Waals surface area contributed by atoms with Crippen LogP contribution in [0.1, 0.15) is 34.3 Å². The number of nitrogens with zero attached hydrogens (tertiary/aromatic N) is 4. The first-order chi connectivity index (χ1) is 25.1. The number of ether oxygens (including phenoxy) is 4. The lowest BCUT2D eigenvalue weighted by molar-refractivity contribution is -0.705. The molecule has 2 heterocycles. The molecule has 4 aromatic carbocycles. The number of carbonyl (C=O) groups excluding carboxylic acids is 2. The number of carbonyl (C=O) groups is 2. The molecule has 2 aliphatic rings. The van der Waals surface area contributed by atoms with Gasteiger partial charge in [0, 0.05) is 23.3 Å². The molecule has 0 aromatic heterocycles. The summed E-state index contributed by atoms with van der Waals surface area (Å²) >= 11 is 0. The number of hydrogen-bond acceptors (Lipinski definition) is 12. The lowest BCUT2D eigenvalue weighted by Crippen LogP contribution is -2.47. The molecule has 2 aliphatic heterocycles. The van der Waals surface area contributed by atoms with E-state index in [0.29, 0.717) is 34.4 Å². The maximum atomic E-state index is 13.1. The Balaban J connectivity index is 1.22. The van der Waals surface area contributed by atoms with Crippen LogP contribution in [0.2, 0.25) is 0 Å².